The monoisotopic (exact) mass is 218 g/mol. The molecule has 1 aromatic rings. The van der Waals surface area contributed by atoms with Gasteiger partial charge in [0.05, 0.1) is 12.0 Å². The highest BCUT2D eigenvalue weighted by Crippen LogP contribution is 2.20. The molecule has 0 heterocycles. The van der Waals surface area contributed by atoms with E-state index in [0.717, 1.165) is 5.56 Å². The SMILES string of the molecule is CCOC(=O)C(C)(C)/C=C\c1ccccc1. The van der Waals surface area contributed by atoms with Crippen LogP contribution in [0.4, 0.5) is 0 Å². The average molecular weight is 218 g/mol. The van der Waals surface area contributed by atoms with Gasteiger partial charge in [-0.25, -0.2) is 0 Å². The zero-order chi connectivity index (χ0) is 12.0. The van der Waals surface area contributed by atoms with Crippen LogP contribution in [-0.4, -0.2) is 12.6 Å². The van der Waals surface area contributed by atoms with Gasteiger partial charge in [0.15, 0.2) is 0 Å². The molecule has 0 fully saturated rings. The van der Waals surface area contributed by atoms with Gasteiger partial charge >= 0.3 is 5.97 Å². The predicted molar refractivity (Wildman–Crippen MR) is 65.9 cm³/mol. The van der Waals surface area contributed by atoms with E-state index in [2.05, 4.69) is 0 Å². The van der Waals surface area contributed by atoms with Gasteiger partial charge in [-0.2, -0.15) is 0 Å². The Kier molecular flexibility index (Phi) is 4.29. The zero-order valence-electron chi connectivity index (χ0n) is 10.1. The first-order valence-corrected chi connectivity index (χ1v) is 5.48. The lowest BCUT2D eigenvalue weighted by molar-refractivity contribution is -0.150. The first kappa shape index (κ1) is 12.5. The molecule has 0 aliphatic carbocycles. The number of hydrogen-bond donors (Lipinski definition) is 0. The molecule has 0 saturated heterocycles. The summed E-state index contributed by atoms with van der Waals surface area (Å²) in [5.74, 6) is -0.192. The van der Waals surface area contributed by atoms with Crippen molar-refractivity contribution in [3.8, 4) is 0 Å². The number of ether oxygens (including phenoxy) is 1. The summed E-state index contributed by atoms with van der Waals surface area (Å²) in [5, 5.41) is 0. The highest BCUT2D eigenvalue weighted by Gasteiger charge is 2.25. The fourth-order valence-electron chi connectivity index (χ4n) is 1.25. The largest absolute Gasteiger partial charge is 0.465 e. The molecule has 1 aromatic carbocycles. The molecular formula is C14H18O2. The number of hydrogen-bond acceptors (Lipinski definition) is 2. The second-order valence-corrected chi connectivity index (χ2v) is 4.19. The summed E-state index contributed by atoms with van der Waals surface area (Å²) in [5.41, 5.74) is 0.506. The topological polar surface area (TPSA) is 26.3 Å². The molecule has 0 radical (unpaired) electrons. The standard InChI is InChI=1S/C14H18O2/c1-4-16-13(15)14(2,3)11-10-12-8-6-5-7-9-12/h5-11H,4H2,1-3H3/b11-10-. The first-order chi connectivity index (χ1) is 7.56. The fourth-order valence-corrected chi connectivity index (χ4v) is 1.25. The molecule has 0 aromatic heterocycles. The van der Waals surface area contributed by atoms with Gasteiger partial charge in [-0.15, -0.1) is 0 Å². The Bertz CT molecular complexity index is 364. The molecule has 0 aliphatic heterocycles. The lowest BCUT2D eigenvalue weighted by atomic mass is 9.92. The molecule has 86 valence electrons. The molecule has 1 rings (SSSR count). The Labute approximate surface area is 96.9 Å². The van der Waals surface area contributed by atoms with Gasteiger partial charge < -0.3 is 4.74 Å². The third-order valence-electron chi connectivity index (χ3n) is 2.29. The third-order valence-corrected chi connectivity index (χ3v) is 2.29. The molecule has 2 nitrogen and oxygen atoms in total. The maximum atomic E-state index is 11.6. The Hall–Kier alpha value is -1.57. The van der Waals surface area contributed by atoms with Gasteiger partial charge in [0, 0.05) is 0 Å². The summed E-state index contributed by atoms with van der Waals surface area (Å²) in [6.45, 7) is 5.94. The predicted octanol–water partition coefficient (Wildman–Crippen LogP) is 3.29. The summed E-state index contributed by atoms with van der Waals surface area (Å²) >= 11 is 0. The normalized spacial score (nSPS) is 11.7. The van der Waals surface area contributed by atoms with Crippen LogP contribution in [0.25, 0.3) is 6.08 Å². The van der Waals surface area contributed by atoms with E-state index in [4.69, 9.17) is 4.74 Å². The van der Waals surface area contributed by atoms with Crippen LogP contribution in [0, 0.1) is 5.41 Å². The van der Waals surface area contributed by atoms with E-state index in [0.29, 0.717) is 6.61 Å². The Balaban J connectivity index is 2.72. The van der Waals surface area contributed by atoms with Crippen molar-refractivity contribution in [2.24, 2.45) is 5.41 Å². The molecule has 0 N–H and O–H groups in total. The van der Waals surface area contributed by atoms with Crippen LogP contribution >= 0.6 is 0 Å². The van der Waals surface area contributed by atoms with Crippen molar-refractivity contribution in [2.45, 2.75) is 20.8 Å². The summed E-state index contributed by atoms with van der Waals surface area (Å²) in [6, 6.07) is 9.90. The van der Waals surface area contributed by atoms with Gasteiger partial charge in [-0.05, 0) is 26.3 Å². The zero-order valence-corrected chi connectivity index (χ0v) is 10.1. The maximum absolute atomic E-state index is 11.6. The third kappa shape index (κ3) is 3.54. The molecule has 0 saturated carbocycles. The highest BCUT2D eigenvalue weighted by atomic mass is 16.5. The highest BCUT2D eigenvalue weighted by molar-refractivity contribution is 5.79. The summed E-state index contributed by atoms with van der Waals surface area (Å²) in [6.07, 6.45) is 3.82. The van der Waals surface area contributed by atoms with E-state index in [1.807, 2.05) is 63.3 Å². The minimum Gasteiger partial charge on any atom is -0.465 e. The van der Waals surface area contributed by atoms with Gasteiger partial charge in [0.25, 0.3) is 0 Å². The van der Waals surface area contributed by atoms with Gasteiger partial charge in [0.2, 0.25) is 0 Å². The van der Waals surface area contributed by atoms with Crippen molar-refractivity contribution in [2.75, 3.05) is 6.61 Å². The Morgan fingerprint density at radius 2 is 1.94 bits per heavy atom. The molecule has 0 aliphatic rings. The smallest absolute Gasteiger partial charge is 0.315 e. The lowest BCUT2D eigenvalue weighted by Crippen LogP contribution is -2.24. The van der Waals surface area contributed by atoms with Crippen LogP contribution in [0.3, 0.4) is 0 Å². The number of esters is 1. The van der Waals surface area contributed by atoms with E-state index < -0.39 is 5.41 Å². The molecule has 0 bridgehead atoms. The number of rotatable bonds is 4. The second kappa shape index (κ2) is 5.50. The van der Waals surface area contributed by atoms with Crippen LogP contribution in [0.1, 0.15) is 26.3 Å². The number of carbonyl (C=O) groups is 1. The van der Waals surface area contributed by atoms with E-state index in [9.17, 15) is 4.79 Å². The molecular weight excluding hydrogens is 200 g/mol. The Morgan fingerprint density at radius 1 is 1.31 bits per heavy atom. The van der Waals surface area contributed by atoms with Crippen molar-refractivity contribution in [3.63, 3.8) is 0 Å². The van der Waals surface area contributed by atoms with Crippen LogP contribution < -0.4 is 0 Å². The second-order valence-electron chi connectivity index (χ2n) is 4.19. The van der Waals surface area contributed by atoms with Gasteiger partial charge in [-0.3, -0.25) is 4.79 Å². The first-order valence-electron chi connectivity index (χ1n) is 5.48. The maximum Gasteiger partial charge on any atom is 0.315 e. The van der Waals surface area contributed by atoms with Crippen molar-refractivity contribution in [1.29, 1.82) is 0 Å². The van der Waals surface area contributed by atoms with Crippen molar-refractivity contribution in [3.05, 3.63) is 42.0 Å². The van der Waals surface area contributed by atoms with E-state index in [1.165, 1.54) is 0 Å². The van der Waals surface area contributed by atoms with Crippen LogP contribution in [0.2, 0.25) is 0 Å². The molecule has 2 heteroatoms. The number of benzene rings is 1. The van der Waals surface area contributed by atoms with Crippen LogP contribution in [0.15, 0.2) is 36.4 Å². The van der Waals surface area contributed by atoms with E-state index in [1.54, 1.807) is 0 Å². The summed E-state index contributed by atoms with van der Waals surface area (Å²) in [4.78, 5) is 11.6. The molecule has 0 atom stereocenters. The quantitative estimate of drug-likeness (QED) is 0.725. The Morgan fingerprint density at radius 3 is 2.50 bits per heavy atom. The fraction of sp³-hybridized carbons (Fsp3) is 0.357. The average Bonchev–Trinajstić information content (AvgIpc) is 2.28. The molecule has 0 amide bonds. The van der Waals surface area contributed by atoms with Gasteiger partial charge in [0.1, 0.15) is 0 Å². The van der Waals surface area contributed by atoms with Crippen molar-refractivity contribution < 1.29 is 9.53 Å². The lowest BCUT2D eigenvalue weighted by Gasteiger charge is -2.17. The van der Waals surface area contributed by atoms with Gasteiger partial charge in [-0.1, -0.05) is 42.5 Å². The molecule has 0 unspecified atom stereocenters. The van der Waals surface area contributed by atoms with E-state index >= 15 is 0 Å². The summed E-state index contributed by atoms with van der Waals surface area (Å²) in [7, 11) is 0. The molecule has 16 heavy (non-hydrogen) atoms. The number of carbonyl (C=O) groups excluding carboxylic acids is 1. The summed E-state index contributed by atoms with van der Waals surface area (Å²) < 4.78 is 5.00. The van der Waals surface area contributed by atoms with Crippen LogP contribution in [-0.2, 0) is 9.53 Å². The van der Waals surface area contributed by atoms with Crippen molar-refractivity contribution >= 4 is 12.0 Å². The minimum atomic E-state index is -0.578. The molecule has 0 spiro atoms. The van der Waals surface area contributed by atoms with E-state index in [-0.39, 0.29) is 5.97 Å². The van der Waals surface area contributed by atoms with Crippen LogP contribution in [0.5, 0.6) is 0 Å². The minimum absolute atomic E-state index is 0.192. The van der Waals surface area contributed by atoms with Crippen molar-refractivity contribution in [1.82, 2.24) is 0 Å².